The number of aromatic nitrogens is 3. The second kappa shape index (κ2) is 3.53. The Balaban J connectivity index is 2.54. The first-order chi connectivity index (χ1) is 7.22. The Morgan fingerprint density at radius 2 is 2.47 bits per heavy atom. The lowest BCUT2D eigenvalue weighted by molar-refractivity contribution is -0.111. The van der Waals surface area contributed by atoms with Crippen LogP contribution in [0.15, 0.2) is 31.1 Å². The first kappa shape index (κ1) is 9.39. The van der Waals surface area contributed by atoms with Gasteiger partial charge in [0.25, 0.3) is 0 Å². The Labute approximate surface area is 86.4 Å². The van der Waals surface area contributed by atoms with Crippen LogP contribution in [0.3, 0.4) is 0 Å². The number of carbonyl (C=O) groups is 1. The van der Waals surface area contributed by atoms with Crippen LogP contribution in [0.1, 0.15) is 5.69 Å². The number of aryl methyl sites for hydroxylation is 1. The molecule has 0 saturated carbocycles. The monoisotopic (exact) mass is 202 g/mol. The third-order valence-electron chi connectivity index (χ3n) is 2.00. The molecule has 0 bridgehead atoms. The van der Waals surface area contributed by atoms with E-state index in [1.807, 2.05) is 6.92 Å². The van der Waals surface area contributed by atoms with Crippen molar-refractivity contribution in [2.45, 2.75) is 6.92 Å². The molecule has 5 heteroatoms. The maximum atomic E-state index is 11.2. The van der Waals surface area contributed by atoms with Crippen molar-refractivity contribution in [2.75, 3.05) is 5.32 Å². The molecule has 2 aromatic rings. The third kappa shape index (κ3) is 1.59. The lowest BCUT2D eigenvalue weighted by atomic mass is 10.3. The van der Waals surface area contributed by atoms with Crippen LogP contribution in [0.4, 0.5) is 5.69 Å². The first-order valence-electron chi connectivity index (χ1n) is 4.45. The van der Waals surface area contributed by atoms with Crippen molar-refractivity contribution < 1.29 is 4.79 Å². The number of hydrogen-bond acceptors (Lipinski definition) is 3. The maximum Gasteiger partial charge on any atom is 0.247 e. The summed E-state index contributed by atoms with van der Waals surface area (Å²) in [6, 6.07) is 1.78. The summed E-state index contributed by atoms with van der Waals surface area (Å²) in [4.78, 5) is 15.3. The van der Waals surface area contributed by atoms with Crippen molar-refractivity contribution in [3.05, 3.63) is 36.8 Å². The van der Waals surface area contributed by atoms with Crippen LogP contribution in [0, 0.1) is 6.92 Å². The summed E-state index contributed by atoms with van der Waals surface area (Å²) in [5, 5.41) is 6.89. The number of anilines is 1. The van der Waals surface area contributed by atoms with Gasteiger partial charge in [0.15, 0.2) is 5.65 Å². The van der Waals surface area contributed by atoms with Crippen LogP contribution in [-0.2, 0) is 4.79 Å². The molecule has 0 radical (unpaired) electrons. The minimum Gasteiger partial charge on any atom is -0.318 e. The number of hydrogen-bond donors (Lipinski definition) is 1. The van der Waals surface area contributed by atoms with Crippen LogP contribution in [0.25, 0.3) is 5.65 Å². The van der Waals surface area contributed by atoms with Crippen molar-refractivity contribution in [1.82, 2.24) is 14.6 Å². The Kier molecular flexibility index (Phi) is 2.21. The van der Waals surface area contributed by atoms with Crippen LogP contribution in [0.2, 0.25) is 0 Å². The third-order valence-corrected chi connectivity index (χ3v) is 2.00. The van der Waals surface area contributed by atoms with Gasteiger partial charge >= 0.3 is 0 Å². The van der Waals surface area contributed by atoms with Crippen LogP contribution >= 0.6 is 0 Å². The van der Waals surface area contributed by atoms with Gasteiger partial charge in [-0.2, -0.15) is 5.10 Å². The van der Waals surface area contributed by atoms with E-state index in [0.717, 1.165) is 5.69 Å². The summed E-state index contributed by atoms with van der Waals surface area (Å²) in [6.45, 7) is 5.20. The average Bonchev–Trinajstić information content (AvgIpc) is 2.55. The van der Waals surface area contributed by atoms with E-state index in [4.69, 9.17) is 0 Å². The largest absolute Gasteiger partial charge is 0.318 e. The van der Waals surface area contributed by atoms with Gasteiger partial charge in [-0.25, -0.2) is 9.50 Å². The summed E-state index contributed by atoms with van der Waals surface area (Å²) in [7, 11) is 0. The van der Waals surface area contributed by atoms with Crippen molar-refractivity contribution in [3.63, 3.8) is 0 Å². The quantitative estimate of drug-likeness (QED) is 0.743. The van der Waals surface area contributed by atoms with E-state index < -0.39 is 0 Å². The van der Waals surface area contributed by atoms with E-state index in [2.05, 4.69) is 22.0 Å². The zero-order chi connectivity index (χ0) is 10.8. The standard InChI is InChI=1S/C10H10N4O/c1-3-8(15)12-9-7(2)13-14-6-4-5-11-10(9)14/h3-6H,1H2,2H3,(H,12,15). The number of nitrogens with one attached hydrogen (secondary N) is 1. The summed E-state index contributed by atoms with van der Waals surface area (Å²) < 4.78 is 1.62. The minimum absolute atomic E-state index is 0.265. The van der Waals surface area contributed by atoms with E-state index in [-0.39, 0.29) is 5.91 Å². The number of rotatable bonds is 2. The molecular weight excluding hydrogens is 192 g/mol. The topological polar surface area (TPSA) is 59.3 Å². The van der Waals surface area contributed by atoms with Gasteiger partial charge in [0.1, 0.15) is 5.69 Å². The fourth-order valence-corrected chi connectivity index (χ4v) is 1.32. The highest BCUT2D eigenvalue weighted by Gasteiger charge is 2.10. The second-order valence-corrected chi connectivity index (χ2v) is 3.04. The molecule has 1 amide bonds. The zero-order valence-corrected chi connectivity index (χ0v) is 8.27. The van der Waals surface area contributed by atoms with E-state index in [1.165, 1.54) is 6.08 Å². The van der Waals surface area contributed by atoms with Crippen molar-refractivity contribution in [3.8, 4) is 0 Å². The SMILES string of the molecule is C=CC(=O)Nc1c(C)nn2cccnc12. The van der Waals surface area contributed by atoms with Gasteiger partial charge in [-0.1, -0.05) is 6.58 Å². The fourth-order valence-electron chi connectivity index (χ4n) is 1.32. The Morgan fingerprint density at radius 1 is 1.67 bits per heavy atom. The van der Waals surface area contributed by atoms with E-state index in [1.54, 1.807) is 23.0 Å². The predicted octanol–water partition coefficient (Wildman–Crippen LogP) is 1.16. The molecule has 0 fully saturated rings. The van der Waals surface area contributed by atoms with Crippen molar-refractivity contribution in [1.29, 1.82) is 0 Å². The normalized spacial score (nSPS) is 10.2. The number of amides is 1. The Morgan fingerprint density at radius 3 is 3.20 bits per heavy atom. The molecule has 2 heterocycles. The van der Waals surface area contributed by atoms with Gasteiger partial charge < -0.3 is 5.32 Å². The zero-order valence-electron chi connectivity index (χ0n) is 8.27. The first-order valence-corrected chi connectivity index (χ1v) is 4.45. The van der Waals surface area contributed by atoms with Gasteiger partial charge in [0, 0.05) is 12.4 Å². The molecule has 0 aliphatic heterocycles. The van der Waals surface area contributed by atoms with Crippen LogP contribution in [-0.4, -0.2) is 20.5 Å². The highest BCUT2D eigenvalue weighted by Crippen LogP contribution is 2.18. The maximum absolute atomic E-state index is 11.2. The molecule has 0 unspecified atom stereocenters. The highest BCUT2D eigenvalue weighted by atomic mass is 16.1. The molecular formula is C10H10N4O. The minimum atomic E-state index is -0.265. The molecule has 0 saturated heterocycles. The van der Waals surface area contributed by atoms with Gasteiger partial charge in [0.05, 0.1) is 5.69 Å². The van der Waals surface area contributed by atoms with Crippen molar-refractivity contribution >= 4 is 17.2 Å². The predicted molar refractivity (Wildman–Crippen MR) is 56.6 cm³/mol. The summed E-state index contributed by atoms with van der Waals surface area (Å²) in [5.41, 5.74) is 1.98. The number of nitrogens with zero attached hydrogens (tertiary/aromatic N) is 3. The molecule has 1 N–H and O–H groups in total. The Bertz CT molecular complexity index is 529. The van der Waals surface area contributed by atoms with Crippen LogP contribution in [0.5, 0.6) is 0 Å². The lowest BCUT2D eigenvalue weighted by Crippen LogP contribution is -2.08. The van der Waals surface area contributed by atoms with E-state index >= 15 is 0 Å². The second-order valence-electron chi connectivity index (χ2n) is 3.04. The molecule has 0 aromatic carbocycles. The summed E-state index contributed by atoms with van der Waals surface area (Å²) in [6.07, 6.45) is 4.64. The van der Waals surface area contributed by atoms with E-state index in [0.29, 0.717) is 11.3 Å². The molecule has 2 rings (SSSR count). The molecule has 5 nitrogen and oxygen atoms in total. The average molecular weight is 202 g/mol. The lowest BCUT2D eigenvalue weighted by Gasteiger charge is -1.99. The van der Waals surface area contributed by atoms with E-state index in [9.17, 15) is 4.79 Å². The molecule has 0 aliphatic rings. The van der Waals surface area contributed by atoms with Gasteiger partial charge in [0.2, 0.25) is 5.91 Å². The smallest absolute Gasteiger partial charge is 0.247 e. The number of fused-ring (bicyclic) bond motifs is 1. The molecule has 0 atom stereocenters. The Hall–Kier alpha value is -2.17. The summed E-state index contributed by atoms with van der Waals surface area (Å²) in [5.74, 6) is -0.265. The van der Waals surface area contributed by atoms with Gasteiger partial charge in [-0.05, 0) is 19.1 Å². The van der Waals surface area contributed by atoms with Crippen LogP contribution < -0.4 is 5.32 Å². The number of carbonyl (C=O) groups excluding carboxylic acids is 1. The molecule has 0 aliphatic carbocycles. The summed E-state index contributed by atoms with van der Waals surface area (Å²) >= 11 is 0. The fraction of sp³-hybridized carbons (Fsp3) is 0.100. The van der Waals surface area contributed by atoms with Gasteiger partial charge in [-0.3, -0.25) is 4.79 Å². The van der Waals surface area contributed by atoms with Crippen molar-refractivity contribution in [2.24, 2.45) is 0 Å². The van der Waals surface area contributed by atoms with Gasteiger partial charge in [-0.15, -0.1) is 0 Å². The molecule has 15 heavy (non-hydrogen) atoms. The molecule has 2 aromatic heterocycles. The molecule has 0 spiro atoms. The molecule has 76 valence electrons. The highest BCUT2D eigenvalue weighted by molar-refractivity contribution is 6.01.